The van der Waals surface area contributed by atoms with Gasteiger partial charge in [0, 0.05) is 12.1 Å². The third-order valence-electron chi connectivity index (χ3n) is 2.57. The summed E-state index contributed by atoms with van der Waals surface area (Å²) in [6.45, 7) is 0. The van der Waals surface area contributed by atoms with Gasteiger partial charge in [-0.25, -0.2) is 4.98 Å². The highest BCUT2D eigenvalue weighted by atomic mass is 35.5. The fraction of sp³-hybridized carbons (Fsp3) is 0.500. The van der Waals surface area contributed by atoms with Gasteiger partial charge in [0.25, 0.3) is 0 Å². The smallest absolute Gasteiger partial charge is 0.129 e. The Bertz CT molecular complexity index is 299. The molecule has 2 rings (SSSR count). The van der Waals surface area contributed by atoms with Gasteiger partial charge >= 0.3 is 0 Å². The number of halogens is 1. The molecule has 3 nitrogen and oxygen atoms in total. The van der Waals surface area contributed by atoms with Crippen LogP contribution in [0.15, 0.2) is 18.3 Å². The van der Waals surface area contributed by atoms with E-state index in [0.29, 0.717) is 17.2 Å². The van der Waals surface area contributed by atoms with Gasteiger partial charge in [0.15, 0.2) is 0 Å². The quantitative estimate of drug-likeness (QED) is 0.736. The van der Waals surface area contributed by atoms with Crippen LogP contribution in [0, 0.1) is 0 Å². The third-order valence-corrected chi connectivity index (χ3v) is 2.79. The lowest BCUT2D eigenvalue weighted by atomic mass is 10.2. The van der Waals surface area contributed by atoms with Gasteiger partial charge < -0.3 is 11.1 Å². The fourth-order valence-electron chi connectivity index (χ4n) is 1.84. The second-order valence-electron chi connectivity index (χ2n) is 3.78. The maximum Gasteiger partial charge on any atom is 0.129 e. The van der Waals surface area contributed by atoms with Crippen molar-refractivity contribution in [3.8, 4) is 0 Å². The van der Waals surface area contributed by atoms with Gasteiger partial charge in [0.2, 0.25) is 0 Å². The van der Waals surface area contributed by atoms with Crippen molar-refractivity contribution in [1.29, 1.82) is 0 Å². The maximum absolute atomic E-state index is 5.83. The van der Waals surface area contributed by atoms with Gasteiger partial charge in [0.1, 0.15) is 5.15 Å². The number of nitrogens with one attached hydrogen (secondary N) is 1. The minimum Gasteiger partial charge on any atom is -0.381 e. The van der Waals surface area contributed by atoms with E-state index in [1.165, 1.54) is 0 Å². The average molecular weight is 212 g/mol. The standard InChI is InChI=1S/C10H14ClN3/c11-10-4-3-9(6-13-10)14-8-2-1-7(12)5-8/h3-4,6-8,14H,1-2,5,12H2. The monoisotopic (exact) mass is 211 g/mol. The second-order valence-corrected chi connectivity index (χ2v) is 4.17. The number of pyridine rings is 1. The Morgan fingerprint density at radius 2 is 2.29 bits per heavy atom. The second kappa shape index (κ2) is 4.15. The van der Waals surface area contributed by atoms with Gasteiger partial charge in [-0.3, -0.25) is 0 Å². The molecular formula is C10H14ClN3. The van der Waals surface area contributed by atoms with E-state index in [-0.39, 0.29) is 0 Å². The number of hydrogen-bond acceptors (Lipinski definition) is 3. The lowest BCUT2D eigenvalue weighted by molar-refractivity contribution is 0.687. The van der Waals surface area contributed by atoms with Crippen molar-refractivity contribution in [3.05, 3.63) is 23.5 Å². The number of hydrogen-bond donors (Lipinski definition) is 2. The van der Waals surface area contributed by atoms with E-state index in [1.54, 1.807) is 12.3 Å². The van der Waals surface area contributed by atoms with Gasteiger partial charge in [-0.15, -0.1) is 0 Å². The molecule has 0 amide bonds. The van der Waals surface area contributed by atoms with Crippen LogP contribution in [0.25, 0.3) is 0 Å². The van der Waals surface area contributed by atoms with Crippen LogP contribution in [0.4, 0.5) is 5.69 Å². The van der Waals surface area contributed by atoms with E-state index in [1.807, 2.05) is 6.07 Å². The minimum absolute atomic E-state index is 0.354. The SMILES string of the molecule is NC1CCC(Nc2ccc(Cl)nc2)C1. The first-order valence-corrected chi connectivity index (χ1v) is 5.25. The fourth-order valence-corrected chi connectivity index (χ4v) is 1.96. The summed E-state index contributed by atoms with van der Waals surface area (Å²) in [5.41, 5.74) is 6.85. The van der Waals surface area contributed by atoms with Gasteiger partial charge in [-0.2, -0.15) is 0 Å². The molecule has 0 aromatic carbocycles. The molecule has 0 bridgehead atoms. The zero-order chi connectivity index (χ0) is 9.97. The molecule has 1 saturated carbocycles. The van der Waals surface area contributed by atoms with Crippen LogP contribution in [0.5, 0.6) is 0 Å². The highest BCUT2D eigenvalue weighted by Crippen LogP contribution is 2.21. The molecule has 1 aromatic rings. The molecule has 2 unspecified atom stereocenters. The Balaban J connectivity index is 1.94. The Hall–Kier alpha value is -0.800. The summed E-state index contributed by atoms with van der Waals surface area (Å²) in [6.07, 6.45) is 5.05. The molecule has 76 valence electrons. The van der Waals surface area contributed by atoms with Crippen molar-refractivity contribution < 1.29 is 0 Å². The van der Waals surface area contributed by atoms with E-state index in [0.717, 1.165) is 24.9 Å². The van der Waals surface area contributed by atoms with E-state index in [2.05, 4.69) is 10.3 Å². The maximum atomic E-state index is 5.83. The number of nitrogens with two attached hydrogens (primary N) is 1. The van der Waals surface area contributed by atoms with Crippen LogP contribution < -0.4 is 11.1 Å². The van der Waals surface area contributed by atoms with Crippen LogP contribution >= 0.6 is 11.6 Å². The predicted octanol–water partition coefficient (Wildman–Crippen LogP) is 2.03. The third kappa shape index (κ3) is 2.36. The highest BCUT2D eigenvalue weighted by Gasteiger charge is 2.21. The van der Waals surface area contributed by atoms with Crippen molar-refractivity contribution in [2.45, 2.75) is 31.3 Å². The van der Waals surface area contributed by atoms with Crippen LogP contribution in [0.3, 0.4) is 0 Å². The molecule has 0 aliphatic heterocycles. The van der Waals surface area contributed by atoms with E-state index < -0.39 is 0 Å². The molecule has 1 aliphatic carbocycles. The molecule has 1 heterocycles. The van der Waals surface area contributed by atoms with Crippen LogP contribution in [0.2, 0.25) is 5.15 Å². The molecule has 3 N–H and O–H groups in total. The van der Waals surface area contributed by atoms with E-state index in [9.17, 15) is 0 Å². The van der Waals surface area contributed by atoms with E-state index >= 15 is 0 Å². The molecule has 1 aromatic heterocycles. The molecular weight excluding hydrogens is 198 g/mol. The summed E-state index contributed by atoms with van der Waals surface area (Å²) < 4.78 is 0. The topological polar surface area (TPSA) is 50.9 Å². The summed E-state index contributed by atoms with van der Waals surface area (Å²) in [7, 11) is 0. The van der Waals surface area contributed by atoms with Gasteiger partial charge in [-0.1, -0.05) is 11.6 Å². The molecule has 0 spiro atoms. The summed E-state index contributed by atoms with van der Waals surface area (Å²) in [5, 5.41) is 3.92. The Labute approximate surface area is 88.7 Å². The van der Waals surface area contributed by atoms with Gasteiger partial charge in [0.05, 0.1) is 11.9 Å². The molecule has 1 fully saturated rings. The summed E-state index contributed by atoms with van der Waals surface area (Å²) in [5.74, 6) is 0. The number of aromatic nitrogens is 1. The van der Waals surface area contributed by atoms with Crippen LogP contribution in [0.1, 0.15) is 19.3 Å². The number of anilines is 1. The number of rotatable bonds is 2. The first-order chi connectivity index (χ1) is 6.74. The van der Waals surface area contributed by atoms with Crippen molar-refractivity contribution in [1.82, 2.24) is 4.98 Å². The highest BCUT2D eigenvalue weighted by molar-refractivity contribution is 6.29. The Morgan fingerprint density at radius 1 is 1.43 bits per heavy atom. The Morgan fingerprint density at radius 3 is 2.86 bits per heavy atom. The number of nitrogens with zero attached hydrogens (tertiary/aromatic N) is 1. The molecule has 14 heavy (non-hydrogen) atoms. The van der Waals surface area contributed by atoms with Crippen LogP contribution in [-0.4, -0.2) is 17.1 Å². The minimum atomic E-state index is 0.354. The zero-order valence-corrected chi connectivity index (χ0v) is 8.67. The first-order valence-electron chi connectivity index (χ1n) is 4.88. The van der Waals surface area contributed by atoms with Crippen LogP contribution in [-0.2, 0) is 0 Å². The molecule has 2 atom stereocenters. The summed E-state index contributed by atoms with van der Waals surface area (Å²) in [6, 6.07) is 4.58. The lowest BCUT2D eigenvalue weighted by Gasteiger charge is -2.13. The molecule has 0 radical (unpaired) electrons. The molecule has 0 saturated heterocycles. The summed E-state index contributed by atoms with van der Waals surface area (Å²) in [4.78, 5) is 4.01. The van der Waals surface area contributed by atoms with Crippen molar-refractivity contribution in [3.63, 3.8) is 0 Å². The average Bonchev–Trinajstić information content (AvgIpc) is 2.56. The molecule has 1 aliphatic rings. The van der Waals surface area contributed by atoms with E-state index in [4.69, 9.17) is 17.3 Å². The van der Waals surface area contributed by atoms with Crippen molar-refractivity contribution >= 4 is 17.3 Å². The largest absolute Gasteiger partial charge is 0.381 e. The van der Waals surface area contributed by atoms with Crippen molar-refractivity contribution in [2.24, 2.45) is 5.73 Å². The first kappa shape index (κ1) is 9.74. The zero-order valence-electron chi connectivity index (χ0n) is 7.91. The predicted molar refractivity (Wildman–Crippen MR) is 58.5 cm³/mol. The normalized spacial score (nSPS) is 26.4. The Kier molecular flexibility index (Phi) is 2.89. The van der Waals surface area contributed by atoms with Crippen molar-refractivity contribution in [2.75, 3.05) is 5.32 Å². The lowest BCUT2D eigenvalue weighted by Crippen LogP contribution is -2.20. The molecule has 4 heteroatoms. The summed E-state index contributed by atoms with van der Waals surface area (Å²) >= 11 is 5.69. The van der Waals surface area contributed by atoms with Gasteiger partial charge in [-0.05, 0) is 31.4 Å².